The summed E-state index contributed by atoms with van der Waals surface area (Å²) in [6, 6.07) is 0. The van der Waals surface area contributed by atoms with Crippen molar-refractivity contribution in [1.82, 2.24) is 5.32 Å². The van der Waals surface area contributed by atoms with Crippen LogP contribution in [0.1, 0.15) is 32.6 Å². The van der Waals surface area contributed by atoms with Crippen LogP contribution in [0.5, 0.6) is 0 Å². The summed E-state index contributed by atoms with van der Waals surface area (Å²) in [5, 5.41) is 2.93. The standard InChI is InChI=1S/C12H20N2O/c1-2-3-4-8-14-12(15)11-7-5-6-10(11)9-13/h10-11H,4-9,13H2,1H3,(H,14,15). The van der Waals surface area contributed by atoms with Gasteiger partial charge in [-0.05, 0) is 32.2 Å². The summed E-state index contributed by atoms with van der Waals surface area (Å²) in [6.07, 6.45) is 3.97. The van der Waals surface area contributed by atoms with E-state index in [0.29, 0.717) is 19.0 Å². The average molecular weight is 208 g/mol. The van der Waals surface area contributed by atoms with E-state index in [9.17, 15) is 4.79 Å². The zero-order valence-corrected chi connectivity index (χ0v) is 9.38. The first-order valence-electron chi connectivity index (χ1n) is 5.67. The van der Waals surface area contributed by atoms with Crippen molar-refractivity contribution in [3.63, 3.8) is 0 Å². The van der Waals surface area contributed by atoms with Crippen molar-refractivity contribution >= 4 is 5.91 Å². The van der Waals surface area contributed by atoms with E-state index in [-0.39, 0.29) is 11.8 Å². The lowest BCUT2D eigenvalue weighted by molar-refractivity contribution is -0.125. The Morgan fingerprint density at radius 3 is 3.00 bits per heavy atom. The normalized spacial score (nSPS) is 24.4. The second kappa shape index (κ2) is 6.47. The fourth-order valence-corrected chi connectivity index (χ4v) is 2.17. The first-order chi connectivity index (χ1) is 7.29. The van der Waals surface area contributed by atoms with Crippen LogP contribution in [0.15, 0.2) is 0 Å². The monoisotopic (exact) mass is 208 g/mol. The second-order valence-electron chi connectivity index (χ2n) is 4.00. The van der Waals surface area contributed by atoms with Crippen molar-refractivity contribution in [3.05, 3.63) is 0 Å². The van der Waals surface area contributed by atoms with E-state index in [0.717, 1.165) is 25.7 Å². The summed E-state index contributed by atoms with van der Waals surface area (Å²) in [4.78, 5) is 11.8. The lowest BCUT2D eigenvalue weighted by Crippen LogP contribution is -2.35. The van der Waals surface area contributed by atoms with Crippen LogP contribution in [0.4, 0.5) is 0 Å². The number of rotatable bonds is 4. The van der Waals surface area contributed by atoms with Crippen molar-refractivity contribution < 1.29 is 4.79 Å². The summed E-state index contributed by atoms with van der Waals surface area (Å²) in [5.74, 6) is 6.44. The zero-order valence-electron chi connectivity index (χ0n) is 9.38. The third kappa shape index (κ3) is 3.56. The van der Waals surface area contributed by atoms with Crippen LogP contribution in [0.25, 0.3) is 0 Å². The Labute approximate surface area is 91.8 Å². The number of carbonyl (C=O) groups excluding carboxylic acids is 1. The molecule has 84 valence electrons. The van der Waals surface area contributed by atoms with Gasteiger partial charge >= 0.3 is 0 Å². The Bertz CT molecular complexity index is 265. The smallest absolute Gasteiger partial charge is 0.223 e. The molecule has 2 unspecified atom stereocenters. The van der Waals surface area contributed by atoms with Gasteiger partial charge in [0.2, 0.25) is 5.91 Å². The number of nitrogens with two attached hydrogens (primary N) is 1. The van der Waals surface area contributed by atoms with Crippen LogP contribution >= 0.6 is 0 Å². The van der Waals surface area contributed by atoms with E-state index < -0.39 is 0 Å². The SMILES string of the molecule is CC#CCCNC(=O)C1CCCC1CN. The largest absolute Gasteiger partial charge is 0.355 e. The highest BCUT2D eigenvalue weighted by molar-refractivity contribution is 5.79. The molecule has 1 fully saturated rings. The summed E-state index contributed by atoms with van der Waals surface area (Å²) < 4.78 is 0. The fourth-order valence-electron chi connectivity index (χ4n) is 2.17. The lowest BCUT2D eigenvalue weighted by Gasteiger charge is -2.16. The minimum atomic E-state index is 0.143. The summed E-state index contributed by atoms with van der Waals surface area (Å²) >= 11 is 0. The van der Waals surface area contributed by atoms with Gasteiger partial charge in [-0.2, -0.15) is 0 Å². The summed E-state index contributed by atoms with van der Waals surface area (Å²) in [5.41, 5.74) is 5.64. The molecule has 0 saturated heterocycles. The summed E-state index contributed by atoms with van der Waals surface area (Å²) in [7, 11) is 0. The van der Waals surface area contributed by atoms with Crippen molar-refractivity contribution in [2.24, 2.45) is 17.6 Å². The minimum Gasteiger partial charge on any atom is -0.355 e. The van der Waals surface area contributed by atoms with Gasteiger partial charge in [-0.1, -0.05) is 6.42 Å². The zero-order chi connectivity index (χ0) is 11.1. The molecule has 3 heteroatoms. The molecule has 0 bridgehead atoms. The van der Waals surface area contributed by atoms with Crippen LogP contribution < -0.4 is 11.1 Å². The Morgan fingerprint density at radius 1 is 1.53 bits per heavy atom. The van der Waals surface area contributed by atoms with Crippen LogP contribution in [-0.4, -0.2) is 19.0 Å². The van der Waals surface area contributed by atoms with Gasteiger partial charge in [-0.3, -0.25) is 4.79 Å². The topological polar surface area (TPSA) is 55.1 Å². The number of nitrogens with one attached hydrogen (secondary N) is 1. The Kier molecular flexibility index (Phi) is 5.20. The number of amides is 1. The molecule has 0 spiro atoms. The van der Waals surface area contributed by atoms with E-state index >= 15 is 0 Å². The second-order valence-corrected chi connectivity index (χ2v) is 4.00. The van der Waals surface area contributed by atoms with Gasteiger partial charge in [0.05, 0.1) is 0 Å². The predicted octanol–water partition coefficient (Wildman–Crippen LogP) is 0.891. The predicted molar refractivity (Wildman–Crippen MR) is 61.0 cm³/mol. The van der Waals surface area contributed by atoms with Gasteiger partial charge in [-0.25, -0.2) is 0 Å². The fraction of sp³-hybridized carbons (Fsp3) is 0.750. The molecule has 1 amide bonds. The van der Waals surface area contributed by atoms with E-state index in [1.165, 1.54) is 0 Å². The van der Waals surface area contributed by atoms with Crippen molar-refractivity contribution in [3.8, 4) is 11.8 Å². The van der Waals surface area contributed by atoms with Gasteiger partial charge in [0.15, 0.2) is 0 Å². The van der Waals surface area contributed by atoms with Gasteiger partial charge in [-0.15, -0.1) is 11.8 Å². The van der Waals surface area contributed by atoms with E-state index in [1.54, 1.807) is 0 Å². The molecule has 0 aromatic rings. The molecule has 0 aromatic carbocycles. The van der Waals surface area contributed by atoms with Gasteiger partial charge in [0.1, 0.15) is 0 Å². The van der Waals surface area contributed by atoms with Crippen molar-refractivity contribution in [2.75, 3.05) is 13.1 Å². The quantitative estimate of drug-likeness (QED) is 0.532. The van der Waals surface area contributed by atoms with Crippen LogP contribution in [-0.2, 0) is 4.79 Å². The third-order valence-corrected chi connectivity index (χ3v) is 3.02. The Balaban J connectivity index is 2.28. The van der Waals surface area contributed by atoms with Crippen molar-refractivity contribution in [2.45, 2.75) is 32.6 Å². The molecule has 2 atom stereocenters. The van der Waals surface area contributed by atoms with Crippen LogP contribution in [0, 0.1) is 23.7 Å². The highest BCUT2D eigenvalue weighted by atomic mass is 16.1. The molecular formula is C12H20N2O. The molecular weight excluding hydrogens is 188 g/mol. The molecule has 1 aliphatic carbocycles. The maximum Gasteiger partial charge on any atom is 0.223 e. The Morgan fingerprint density at radius 2 is 2.33 bits per heavy atom. The van der Waals surface area contributed by atoms with Gasteiger partial charge in [0, 0.05) is 18.9 Å². The Hall–Kier alpha value is -1.01. The maximum absolute atomic E-state index is 11.8. The highest BCUT2D eigenvalue weighted by Crippen LogP contribution is 2.30. The van der Waals surface area contributed by atoms with E-state index in [1.807, 2.05) is 6.92 Å². The number of hydrogen-bond acceptors (Lipinski definition) is 2. The van der Waals surface area contributed by atoms with Crippen molar-refractivity contribution in [1.29, 1.82) is 0 Å². The summed E-state index contributed by atoms with van der Waals surface area (Å²) in [6.45, 7) is 3.10. The molecule has 15 heavy (non-hydrogen) atoms. The minimum absolute atomic E-state index is 0.143. The third-order valence-electron chi connectivity index (χ3n) is 3.02. The van der Waals surface area contributed by atoms with Crippen LogP contribution in [0.3, 0.4) is 0 Å². The van der Waals surface area contributed by atoms with Gasteiger partial charge < -0.3 is 11.1 Å². The molecule has 1 saturated carbocycles. The highest BCUT2D eigenvalue weighted by Gasteiger charge is 2.31. The molecule has 1 rings (SSSR count). The first kappa shape index (κ1) is 12.1. The molecule has 3 nitrogen and oxygen atoms in total. The molecule has 0 radical (unpaired) electrons. The number of hydrogen-bond donors (Lipinski definition) is 2. The van der Waals surface area contributed by atoms with Gasteiger partial charge in [0.25, 0.3) is 0 Å². The molecule has 1 aliphatic rings. The van der Waals surface area contributed by atoms with E-state index in [4.69, 9.17) is 5.73 Å². The molecule has 0 aromatic heterocycles. The van der Waals surface area contributed by atoms with E-state index in [2.05, 4.69) is 17.2 Å². The number of carbonyl (C=O) groups is 1. The maximum atomic E-state index is 11.8. The molecule has 0 heterocycles. The first-order valence-corrected chi connectivity index (χ1v) is 5.67. The lowest BCUT2D eigenvalue weighted by atomic mass is 9.95. The van der Waals surface area contributed by atoms with Crippen LogP contribution in [0.2, 0.25) is 0 Å². The molecule has 0 aliphatic heterocycles. The average Bonchev–Trinajstić information content (AvgIpc) is 2.72. The molecule has 3 N–H and O–H groups in total.